The maximum absolute atomic E-state index is 12.2. The van der Waals surface area contributed by atoms with Gasteiger partial charge >= 0.3 is 5.97 Å². The first-order chi connectivity index (χ1) is 11.1. The first kappa shape index (κ1) is 15.7. The third-order valence-electron chi connectivity index (χ3n) is 2.86. The van der Waals surface area contributed by atoms with Crippen LogP contribution in [0.1, 0.15) is 19.3 Å². The van der Waals surface area contributed by atoms with Gasteiger partial charge in [0.05, 0.1) is 10.6 Å². The molecular weight excluding hydrogens is 354 g/mol. The normalized spacial score (nSPS) is 10.3. The van der Waals surface area contributed by atoms with E-state index in [0.29, 0.717) is 20.5 Å². The number of ether oxygens (including phenoxy) is 1. The molecule has 0 aliphatic carbocycles. The Morgan fingerprint density at radius 3 is 2.35 bits per heavy atom. The second-order valence-corrected chi connectivity index (χ2v) is 6.77. The fourth-order valence-corrected chi connectivity index (χ4v) is 3.22. The SMILES string of the molecule is O=C(Nc1cc(Cl)ccc1OC(=O)c1cccs1)c1cccs1. The largest absolute Gasteiger partial charge is 0.420 e. The molecular formula is C16H10ClNO3S2. The lowest BCUT2D eigenvalue weighted by Gasteiger charge is -2.11. The van der Waals surface area contributed by atoms with E-state index in [4.69, 9.17) is 16.3 Å². The number of rotatable bonds is 4. The van der Waals surface area contributed by atoms with Crippen LogP contribution in [0.5, 0.6) is 5.75 Å². The molecule has 1 aromatic carbocycles. The topological polar surface area (TPSA) is 55.4 Å². The Morgan fingerprint density at radius 2 is 1.70 bits per heavy atom. The van der Waals surface area contributed by atoms with Crippen LogP contribution in [0.15, 0.2) is 53.2 Å². The average Bonchev–Trinajstić information content (AvgIpc) is 3.23. The highest BCUT2D eigenvalue weighted by molar-refractivity contribution is 7.12. The fourth-order valence-electron chi connectivity index (χ4n) is 1.83. The van der Waals surface area contributed by atoms with Crippen molar-refractivity contribution >= 4 is 51.8 Å². The summed E-state index contributed by atoms with van der Waals surface area (Å²) < 4.78 is 5.36. The molecule has 4 nitrogen and oxygen atoms in total. The van der Waals surface area contributed by atoms with Gasteiger partial charge in [0.1, 0.15) is 4.88 Å². The number of carbonyl (C=O) groups is 2. The molecule has 2 heterocycles. The number of hydrogen-bond acceptors (Lipinski definition) is 5. The molecule has 7 heteroatoms. The van der Waals surface area contributed by atoms with E-state index < -0.39 is 5.97 Å². The van der Waals surface area contributed by atoms with E-state index in [-0.39, 0.29) is 11.7 Å². The van der Waals surface area contributed by atoms with Gasteiger partial charge in [-0.15, -0.1) is 22.7 Å². The second kappa shape index (κ2) is 6.95. The fraction of sp³-hybridized carbons (Fsp3) is 0. The Bertz CT molecular complexity index is 829. The molecule has 1 N–H and O–H groups in total. The van der Waals surface area contributed by atoms with Crippen LogP contribution in [-0.4, -0.2) is 11.9 Å². The summed E-state index contributed by atoms with van der Waals surface area (Å²) in [5.41, 5.74) is 0.348. The first-order valence-electron chi connectivity index (χ1n) is 6.53. The van der Waals surface area contributed by atoms with Gasteiger partial charge in [-0.25, -0.2) is 4.79 Å². The van der Waals surface area contributed by atoms with Crippen LogP contribution in [-0.2, 0) is 0 Å². The minimum absolute atomic E-state index is 0.248. The van der Waals surface area contributed by atoms with Crippen LogP contribution in [0, 0.1) is 0 Å². The molecule has 0 fully saturated rings. The Balaban J connectivity index is 1.83. The van der Waals surface area contributed by atoms with Crippen LogP contribution >= 0.6 is 34.3 Å². The number of hydrogen-bond donors (Lipinski definition) is 1. The van der Waals surface area contributed by atoms with E-state index >= 15 is 0 Å². The molecule has 0 radical (unpaired) electrons. The molecule has 1 amide bonds. The summed E-state index contributed by atoms with van der Waals surface area (Å²) in [6.45, 7) is 0. The monoisotopic (exact) mass is 363 g/mol. The molecule has 0 saturated heterocycles. The summed E-state index contributed by atoms with van der Waals surface area (Å²) in [4.78, 5) is 25.3. The van der Waals surface area contributed by atoms with Crippen molar-refractivity contribution in [3.05, 3.63) is 68.0 Å². The van der Waals surface area contributed by atoms with Crippen molar-refractivity contribution in [1.82, 2.24) is 0 Å². The van der Waals surface area contributed by atoms with Crippen molar-refractivity contribution in [3.8, 4) is 5.75 Å². The lowest BCUT2D eigenvalue weighted by molar-refractivity contribution is 0.0739. The van der Waals surface area contributed by atoms with Crippen molar-refractivity contribution in [2.24, 2.45) is 0 Å². The highest BCUT2D eigenvalue weighted by Crippen LogP contribution is 2.30. The van der Waals surface area contributed by atoms with Crippen molar-refractivity contribution in [2.45, 2.75) is 0 Å². The summed E-state index contributed by atoms with van der Waals surface area (Å²) in [7, 11) is 0. The molecule has 0 unspecified atom stereocenters. The number of amides is 1. The van der Waals surface area contributed by atoms with Gasteiger partial charge in [0.25, 0.3) is 5.91 Å². The van der Waals surface area contributed by atoms with E-state index in [9.17, 15) is 9.59 Å². The molecule has 3 aromatic rings. The Morgan fingerprint density at radius 1 is 1.00 bits per heavy atom. The molecule has 2 aromatic heterocycles. The van der Waals surface area contributed by atoms with Gasteiger partial charge in [0, 0.05) is 5.02 Å². The van der Waals surface area contributed by atoms with Crippen LogP contribution < -0.4 is 10.1 Å². The van der Waals surface area contributed by atoms with Crippen molar-refractivity contribution in [2.75, 3.05) is 5.32 Å². The molecule has 0 saturated carbocycles. The predicted octanol–water partition coefficient (Wildman–Crippen LogP) is 4.93. The minimum atomic E-state index is -0.478. The third-order valence-corrected chi connectivity index (χ3v) is 4.81. The van der Waals surface area contributed by atoms with Gasteiger partial charge < -0.3 is 10.1 Å². The Hall–Kier alpha value is -2.15. The molecule has 116 valence electrons. The Kier molecular flexibility index (Phi) is 4.76. The summed E-state index contributed by atoms with van der Waals surface area (Å²) in [6.07, 6.45) is 0. The first-order valence-corrected chi connectivity index (χ1v) is 8.67. The molecule has 23 heavy (non-hydrogen) atoms. The predicted molar refractivity (Wildman–Crippen MR) is 93.0 cm³/mol. The van der Waals surface area contributed by atoms with Gasteiger partial charge in [-0.05, 0) is 41.1 Å². The number of thiophene rings is 2. The van der Waals surface area contributed by atoms with Crippen molar-refractivity contribution in [1.29, 1.82) is 0 Å². The zero-order chi connectivity index (χ0) is 16.2. The summed E-state index contributed by atoms with van der Waals surface area (Å²) in [5.74, 6) is -0.512. The van der Waals surface area contributed by atoms with Crippen LogP contribution in [0.2, 0.25) is 5.02 Å². The average molecular weight is 364 g/mol. The van der Waals surface area contributed by atoms with E-state index in [2.05, 4.69) is 5.32 Å². The van der Waals surface area contributed by atoms with Crippen LogP contribution in [0.3, 0.4) is 0 Å². The van der Waals surface area contributed by atoms with Crippen LogP contribution in [0.4, 0.5) is 5.69 Å². The zero-order valence-electron chi connectivity index (χ0n) is 11.6. The number of benzene rings is 1. The zero-order valence-corrected chi connectivity index (χ0v) is 14.0. The van der Waals surface area contributed by atoms with Crippen molar-refractivity contribution < 1.29 is 14.3 Å². The quantitative estimate of drug-likeness (QED) is 0.528. The third kappa shape index (κ3) is 3.79. The maximum atomic E-state index is 12.2. The molecule has 3 rings (SSSR count). The van der Waals surface area contributed by atoms with E-state index in [1.165, 1.54) is 22.7 Å². The number of esters is 1. The van der Waals surface area contributed by atoms with Gasteiger partial charge in [0.2, 0.25) is 0 Å². The van der Waals surface area contributed by atoms with Crippen molar-refractivity contribution in [3.63, 3.8) is 0 Å². The maximum Gasteiger partial charge on any atom is 0.353 e. The lowest BCUT2D eigenvalue weighted by Crippen LogP contribution is -2.13. The molecule has 0 aliphatic heterocycles. The summed E-state index contributed by atoms with van der Waals surface area (Å²) >= 11 is 8.58. The van der Waals surface area contributed by atoms with E-state index in [1.54, 1.807) is 47.8 Å². The molecule has 0 spiro atoms. The lowest BCUT2D eigenvalue weighted by atomic mass is 10.2. The summed E-state index contributed by atoms with van der Waals surface area (Å²) in [5, 5.41) is 6.75. The Labute approximate surface area is 145 Å². The number of nitrogens with one attached hydrogen (secondary N) is 1. The number of carbonyl (C=O) groups excluding carboxylic acids is 2. The molecule has 0 aliphatic rings. The highest BCUT2D eigenvalue weighted by atomic mass is 35.5. The number of anilines is 1. The van der Waals surface area contributed by atoms with Crippen LogP contribution in [0.25, 0.3) is 0 Å². The standard InChI is InChI=1S/C16H10ClNO3S2/c17-10-5-6-12(21-16(20)14-4-2-8-23-14)11(9-10)18-15(19)13-3-1-7-22-13/h1-9H,(H,18,19). The summed E-state index contributed by atoms with van der Waals surface area (Å²) in [6, 6.07) is 11.6. The highest BCUT2D eigenvalue weighted by Gasteiger charge is 2.15. The van der Waals surface area contributed by atoms with Gasteiger partial charge in [-0.2, -0.15) is 0 Å². The van der Waals surface area contributed by atoms with Gasteiger partial charge in [-0.1, -0.05) is 23.7 Å². The molecule has 0 bridgehead atoms. The smallest absolute Gasteiger partial charge is 0.353 e. The van der Waals surface area contributed by atoms with Gasteiger partial charge in [-0.3, -0.25) is 4.79 Å². The number of halogens is 1. The molecule has 0 atom stereocenters. The van der Waals surface area contributed by atoms with E-state index in [1.807, 2.05) is 5.38 Å². The van der Waals surface area contributed by atoms with Gasteiger partial charge in [0.15, 0.2) is 5.75 Å². The minimum Gasteiger partial charge on any atom is -0.420 e. The second-order valence-electron chi connectivity index (χ2n) is 4.44. The van der Waals surface area contributed by atoms with E-state index in [0.717, 1.165) is 0 Å².